The Morgan fingerprint density at radius 1 is 1.78 bits per heavy atom. The maximum absolute atomic E-state index is 8.47. The molecule has 0 saturated heterocycles. The number of aliphatic imine (C=N–C) groups is 1. The average Bonchev–Trinajstić information content (AvgIpc) is 1.91. The predicted octanol–water partition coefficient (Wildman–Crippen LogP) is -0.116. The molecule has 0 unspecified atom stereocenters. The van der Waals surface area contributed by atoms with Gasteiger partial charge in [-0.3, -0.25) is 4.99 Å². The molecule has 3 nitrogen and oxygen atoms in total. The lowest BCUT2D eigenvalue weighted by molar-refractivity contribution is 0.306. The normalized spacial score (nSPS) is 16.8. The monoisotopic (exact) mass is 126 g/mol. The Morgan fingerprint density at radius 3 is 3.22 bits per heavy atom. The van der Waals surface area contributed by atoms with E-state index in [9.17, 15) is 0 Å². The fraction of sp³-hybridized carbons (Fsp3) is 0.500. The van der Waals surface area contributed by atoms with E-state index in [1.165, 1.54) is 0 Å². The van der Waals surface area contributed by atoms with Gasteiger partial charge in [-0.05, 0) is 12.3 Å². The van der Waals surface area contributed by atoms with E-state index in [0.29, 0.717) is 6.42 Å². The fourth-order valence-corrected chi connectivity index (χ4v) is 0.673. The van der Waals surface area contributed by atoms with Gasteiger partial charge < -0.3 is 10.4 Å². The van der Waals surface area contributed by atoms with Crippen molar-refractivity contribution < 1.29 is 5.11 Å². The van der Waals surface area contributed by atoms with E-state index in [1.54, 1.807) is 0 Å². The summed E-state index contributed by atoms with van der Waals surface area (Å²) in [7, 11) is 0. The standard InChI is InChI=1S/C6H10N2O/c9-5-2-6-7-3-1-4-8-6/h1,3,9H,2,4-5H2,(H,7,8). The molecule has 3 heteroatoms. The molecule has 0 amide bonds. The lowest BCUT2D eigenvalue weighted by Gasteiger charge is -2.06. The first kappa shape index (κ1) is 6.29. The quantitative estimate of drug-likeness (QED) is 0.542. The molecule has 0 fully saturated rings. The number of aliphatic hydroxyl groups is 1. The first-order valence-electron chi connectivity index (χ1n) is 2.99. The van der Waals surface area contributed by atoms with Crippen molar-refractivity contribution in [3.63, 3.8) is 0 Å². The molecule has 2 N–H and O–H groups in total. The van der Waals surface area contributed by atoms with Crippen LogP contribution in [-0.2, 0) is 0 Å². The van der Waals surface area contributed by atoms with Crippen LogP contribution in [0, 0.1) is 0 Å². The summed E-state index contributed by atoms with van der Waals surface area (Å²) < 4.78 is 0. The molecule has 0 bridgehead atoms. The highest BCUT2D eigenvalue weighted by Crippen LogP contribution is 1.88. The van der Waals surface area contributed by atoms with Gasteiger partial charge in [-0.15, -0.1) is 0 Å². The number of hydrogen-bond acceptors (Lipinski definition) is 3. The number of amidine groups is 1. The summed E-state index contributed by atoms with van der Waals surface area (Å²) in [5.74, 6) is 0.875. The van der Waals surface area contributed by atoms with E-state index < -0.39 is 0 Å². The summed E-state index contributed by atoms with van der Waals surface area (Å²) >= 11 is 0. The number of nitrogens with one attached hydrogen (secondary N) is 1. The van der Waals surface area contributed by atoms with Gasteiger partial charge in [0.25, 0.3) is 0 Å². The van der Waals surface area contributed by atoms with Gasteiger partial charge in [0, 0.05) is 6.42 Å². The Bertz CT molecular complexity index is 140. The minimum absolute atomic E-state index is 0.166. The fourth-order valence-electron chi connectivity index (χ4n) is 0.673. The molecular formula is C6H10N2O. The van der Waals surface area contributed by atoms with E-state index in [2.05, 4.69) is 10.3 Å². The molecule has 0 saturated carbocycles. The second kappa shape index (κ2) is 3.25. The summed E-state index contributed by atoms with van der Waals surface area (Å²) in [6.45, 7) is 0.905. The van der Waals surface area contributed by atoms with E-state index in [1.807, 2.05) is 12.3 Å². The summed E-state index contributed by atoms with van der Waals surface area (Å²) in [5.41, 5.74) is 0. The van der Waals surface area contributed by atoms with Crippen molar-refractivity contribution in [1.82, 2.24) is 5.32 Å². The van der Waals surface area contributed by atoms with Crippen LogP contribution in [0.1, 0.15) is 6.42 Å². The van der Waals surface area contributed by atoms with E-state index in [4.69, 9.17) is 5.11 Å². The van der Waals surface area contributed by atoms with Crippen molar-refractivity contribution in [2.75, 3.05) is 13.2 Å². The third-order valence-electron chi connectivity index (χ3n) is 1.10. The molecular weight excluding hydrogens is 116 g/mol. The first-order valence-corrected chi connectivity index (χ1v) is 2.99. The second-order valence-electron chi connectivity index (χ2n) is 1.81. The van der Waals surface area contributed by atoms with E-state index >= 15 is 0 Å². The minimum atomic E-state index is 0.166. The van der Waals surface area contributed by atoms with Crippen LogP contribution in [0.2, 0.25) is 0 Å². The third kappa shape index (κ3) is 1.85. The summed E-state index contributed by atoms with van der Waals surface area (Å²) in [6, 6.07) is 0. The zero-order valence-corrected chi connectivity index (χ0v) is 5.17. The van der Waals surface area contributed by atoms with Gasteiger partial charge in [0.1, 0.15) is 5.84 Å². The molecule has 0 aromatic rings. The number of hydrogen-bond donors (Lipinski definition) is 2. The van der Waals surface area contributed by atoms with Crippen molar-refractivity contribution in [3.05, 3.63) is 12.3 Å². The van der Waals surface area contributed by atoms with Gasteiger partial charge in [0.15, 0.2) is 0 Å². The average molecular weight is 126 g/mol. The maximum Gasteiger partial charge on any atom is 0.103 e. The minimum Gasteiger partial charge on any atom is -0.396 e. The predicted molar refractivity (Wildman–Crippen MR) is 36.3 cm³/mol. The van der Waals surface area contributed by atoms with Gasteiger partial charge >= 0.3 is 0 Å². The topological polar surface area (TPSA) is 44.6 Å². The summed E-state index contributed by atoms with van der Waals surface area (Å²) in [5, 5.41) is 11.4. The van der Waals surface area contributed by atoms with E-state index in [0.717, 1.165) is 12.4 Å². The van der Waals surface area contributed by atoms with Crippen molar-refractivity contribution in [1.29, 1.82) is 0 Å². The Labute approximate surface area is 54.1 Å². The Hall–Kier alpha value is -0.830. The van der Waals surface area contributed by atoms with Gasteiger partial charge in [-0.1, -0.05) is 0 Å². The SMILES string of the molecule is OCCC1=NCC=CN1. The first-order chi connectivity index (χ1) is 4.43. The molecule has 1 aliphatic heterocycles. The van der Waals surface area contributed by atoms with Crippen molar-refractivity contribution in [2.45, 2.75) is 6.42 Å². The molecule has 0 aromatic carbocycles. The highest BCUT2D eigenvalue weighted by atomic mass is 16.3. The Kier molecular flexibility index (Phi) is 2.27. The van der Waals surface area contributed by atoms with Gasteiger partial charge in [0.05, 0.1) is 13.2 Å². The number of aliphatic hydroxyl groups excluding tert-OH is 1. The zero-order chi connectivity index (χ0) is 6.53. The number of nitrogens with zero attached hydrogens (tertiary/aromatic N) is 1. The van der Waals surface area contributed by atoms with E-state index in [-0.39, 0.29) is 6.61 Å². The molecule has 0 atom stereocenters. The van der Waals surface area contributed by atoms with Crippen LogP contribution in [0.5, 0.6) is 0 Å². The van der Waals surface area contributed by atoms with Crippen LogP contribution in [0.15, 0.2) is 17.3 Å². The van der Waals surface area contributed by atoms with Crippen molar-refractivity contribution in [3.8, 4) is 0 Å². The van der Waals surface area contributed by atoms with Crippen molar-refractivity contribution in [2.24, 2.45) is 4.99 Å². The Morgan fingerprint density at radius 2 is 2.67 bits per heavy atom. The highest BCUT2D eigenvalue weighted by Gasteiger charge is 1.95. The molecule has 0 aliphatic carbocycles. The second-order valence-corrected chi connectivity index (χ2v) is 1.81. The highest BCUT2D eigenvalue weighted by molar-refractivity contribution is 5.83. The molecule has 1 aliphatic rings. The molecule has 0 spiro atoms. The molecule has 1 heterocycles. The van der Waals surface area contributed by atoms with Crippen LogP contribution < -0.4 is 5.32 Å². The third-order valence-corrected chi connectivity index (χ3v) is 1.10. The summed E-state index contributed by atoms with van der Waals surface area (Å²) in [4.78, 5) is 4.08. The largest absolute Gasteiger partial charge is 0.396 e. The molecule has 50 valence electrons. The van der Waals surface area contributed by atoms with Gasteiger partial charge in [-0.2, -0.15) is 0 Å². The van der Waals surface area contributed by atoms with Crippen LogP contribution in [0.25, 0.3) is 0 Å². The van der Waals surface area contributed by atoms with Crippen LogP contribution in [0.3, 0.4) is 0 Å². The van der Waals surface area contributed by atoms with Gasteiger partial charge in [0.2, 0.25) is 0 Å². The van der Waals surface area contributed by atoms with Crippen LogP contribution in [-0.4, -0.2) is 24.1 Å². The summed E-state index contributed by atoms with van der Waals surface area (Å²) in [6.07, 6.45) is 4.41. The molecule has 0 aromatic heterocycles. The molecule has 1 rings (SSSR count). The maximum atomic E-state index is 8.47. The van der Waals surface area contributed by atoms with Crippen LogP contribution >= 0.6 is 0 Å². The molecule has 0 radical (unpaired) electrons. The zero-order valence-electron chi connectivity index (χ0n) is 5.17. The Balaban J connectivity index is 2.32. The van der Waals surface area contributed by atoms with Crippen LogP contribution in [0.4, 0.5) is 0 Å². The number of rotatable bonds is 2. The van der Waals surface area contributed by atoms with Crippen molar-refractivity contribution >= 4 is 5.84 Å². The lowest BCUT2D eigenvalue weighted by atomic mass is 10.4. The lowest BCUT2D eigenvalue weighted by Crippen LogP contribution is -2.21. The smallest absolute Gasteiger partial charge is 0.103 e. The molecule has 9 heavy (non-hydrogen) atoms. The van der Waals surface area contributed by atoms with Gasteiger partial charge in [-0.25, -0.2) is 0 Å².